The first-order valence-corrected chi connectivity index (χ1v) is 5.90. The van der Waals surface area contributed by atoms with Gasteiger partial charge in [0.15, 0.2) is 0 Å². The van der Waals surface area contributed by atoms with Crippen LogP contribution in [0.25, 0.3) is 0 Å². The highest BCUT2D eigenvalue weighted by Crippen LogP contribution is 2.11. The van der Waals surface area contributed by atoms with Crippen LogP contribution in [0.1, 0.15) is 25.8 Å². The van der Waals surface area contributed by atoms with E-state index in [1.165, 1.54) is 5.56 Å². The first-order chi connectivity index (χ1) is 7.72. The molecule has 0 radical (unpaired) electrons. The fourth-order valence-electron chi connectivity index (χ4n) is 1.43. The van der Waals surface area contributed by atoms with E-state index in [0.717, 1.165) is 25.3 Å². The van der Waals surface area contributed by atoms with Crippen molar-refractivity contribution >= 4 is 0 Å². The van der Waals surface area contributed by atoms with Crippen LogP contribution < -0.4 is 15.8 Å². The zero-order valence-electron chi connectivity index (χ0n) is 10.2. The Bertz CT molecular complexity index is 282. The zero-order chi connectivity index (χ0) is 11.8. The van der Waals surface area contributed by atoms with Crippen molar-refractivity contribution < 1.29 is 4.74 Å². The van der Waals surface area contributed by atoms with Crippen LogP contribution in [0.5, 0.6) is 5.75 Å². The number of nitrogens with one attached hydrogen (secondary N) is 1. The van der Waals surface area contributed by atoms with Crippen LogP contribution in [-0.2, 0) is 6.54 Å². The first kappa shape index (κ1) is 13.0. The molecule has 0 aromatic heterocycles. The Labute approximate surface area is 98.0 Å². The maximum Gasteiger partial charge on any atom is 0.119 e. The van der Waals surface area contributed by atoms with Gasteiger partial charge in [-0.2, -0.15) is 0 Å². The Balaban J connectivity index is 2.26. The lowest BCUT2D eigenvalue weighted by Crippen LogP contribution is -2.23. The summed E-state index contributed by atoms with van der Waals surface area (Å²) in [4.78, 5) is 0. The van der Waals surface area contributed by atoms with Gasteiger partial charge in [0.05, 0.1) is 6.61 Å². The van der Waals surface area contributed by atoms with Crippen molar-refractivity contribution in [1.29, 1.82) is 0 Å². The molecule has 0 heterocycles. The van der Waals surface area contributed by atoms with Gasteiger partial charge in [0, 0.05) is 12.6 Å². The summed E-state index contributed by atoms with van der Waals surface area (Å²) in [6, 6.07) is 8.46. The van der Waals surface area contributed by atoms with E-state index in [0.29, 0.717) is 6.61 Å². The lowest BCUT2D eigenvalue weighted by atomic mass is 10.2. The molecule has 0 fully saturated rings. The van der Waals surface area contributed by atoms with Gasteiger partial charge in [0.25, 0.3) is 0 Å². The highest BCUT2D eigenvalue weighted by molar-refractivity contribution is 5.27. The normalized spacial score (nSPS) is 12.4. The Hall–Kier alpha value is -1.06. The highest BCUT2D eigenvalue weighted by Gasteiger charge is 1.96. The minimum absolute atomic E-state index is 0.271. The molecule has 90 valence electrons. The van der Waals surface area contributed by atoms with Crippen LogP contribution in [0.2, 0.25) is 0 Å². The summed E-state index contributed by atoms with van der Waals surface area (Å²) in [5, 5.41) is 3.36. The molecule has 3 nitrogen and oxygen atoms in total. The van der Waals surface area contributed by atoms with Crippen LogP contribution in [0, 0.1) is 0 Å². The molecule has 3 N–H and O–H groups in total. The Morgan fingerprint density at radius 1 is 1.31 bits per heavy atom. The van der Waals surface area contributed by atoms with Gasteiger partial charge in [-0.05, 0) is 44.5 Å². The van der Waals surface area contributed by atoms with E-state index >= 15 is 0 Å². The van der Waals surface area contributed by atoms with Gasteiger partial charge >= 0.3 is 0 Å². The predicted molar refractivity (Wildman–Crippen MR) is 67.6 cm³/mol. The van der Waals surface area contributed by atoms with Gasteiger partial charge in [0.2, 0.25) is 0 Å². The van der Waals surface area contributed by atoms with E-state index in [2.05, 4.69) is 17.4 Å². The number of hydrogen-bond donors (Lipinski definition) is 2. The average Bonchev–Trinajstić information content (AvgIpc) is 2.27. The maximum atomic E-state index is 5.67. The van der Waals surface area contributed by atoms with E-state index in [9.17, 15) is 0 Å². The minimum atomic E-state index is 0.271. The second kappa shape index (κ2) is 7.25. The minimum Gasteiger partial charge on any atom is -0.494 e. The maximum absolute atomic E-state index is 5.67. The van der Waals surface area contributed by atoms with Crippen molar-refractivity contribution in [3.63, 3.8) is 0 Å². The van der Waals surface area contributed by atoms with Crippen LogP contribution in [0.15, 0.2) is 24.3 Å². The fraction of sp³-hybridized carbons (Fsp3) is 0.538. The Morgan fingerprint density at radius 3 is 2.56 bits per heavy atom. The van der Waals surface area contributed by atoms with Gasteiger partial charge in [-0.15, -0.1) is 0 Å². The van der Waals surface area contributed by atoms with E-state index < -0.39 is 0 Å². The SMILES string of the molecule is CCOc1ccc(CNCCC(C)N)cc1. The third-order valence-corrected chi connectivity index (χ3v) is 2.34. The van der Waals surface area contributed by atoms with Gasteiger partial charge < -0.3 is 15.8 Å². The van der Waals surface area contributed by atoms with Gasteiger partial charge in [-0.25, -0.2) is 0 Å². The lowest BCUT2D eigenvalue weighted by Gasteiger charge is -2.08. The average molecular weight is 222 g/mol. The third kappa shape index (κ3) is 5.14. The zero-order valence-corrected chi connectivity index (χ0v) is 10.2. The summed E-state index contributed by atoms with van der Waals surface area (Å²) < 4.78 is 5.38. The third-order valence-electron chi connectivity index (χ3n) is 2.34. The van der Waals surface area contributed by atoms with E-state index in [4.69, 9.17) is 10.5 Å². The molecule has 0 aliphatic heterocycles. The lowest BCUT2D eigenvalue weighted by molar-refractivity contribution is 0.340. The summed E-state index contributed by atoms with van der Waals surface area (Å²) >= 11 is 0. The standard InChI is InChI=1S/C13H22N2O/c1-3-16-13-6-4-12(5-7-13)10-15-9-8-11(2)14/h4-7,11,15H,3,8-10,14H2,1-2H3. The molecule has 1 aromatic rings. The largest absolute Gasteiger partial charge is 0.494 e. The Morgan fingerprint density at radius 2 is 2.00 bits per heavy atom. The number of ether oxygens (including phenoxy) is 1. The van der Waals surface area contributed by atoms with E-state index in [1.54, 1.807) is 0 Å². The Kier molecular flexibility index (Phi) is 5.90. The number of benzene rings is 1. The fourth-order valence-corrected chi connectivity index (χ4v) is 1.43. The van der Waals surface area contributed by atoms with Crippen LogP contribution in [-0.4, -0.2) is 19.2 Å². The molecule has 0 aliphatic carbocycles. The topological polar surface area (TPSA) is 47.3 Å². The molecule has 3 heteroatoms. The molecule has 1 atom stereocenters. The summed E-state index contributed by atoms with van der Waals surface area (Å²) in [7, 11) is 0. The highest BCUT2D eigenvalue weighted by atomic mass is 16.5. The van der Waals surface area contributed by atoms with Crippen LogP contribution in [0.3, 0.4) is 0 Å². The summed E-state index contributed by atoms with van der Waals surface area (Å²) in [5.41, 5.74) is 6.94. The molecule has 0 amide bonds. The number of hydrogen-bond acceptors (Lipinski definition) is 3. The monoisotopic (exact) mass is 222 g/mol. The molecule has 0 saturated heterocycles. The van der Waals surface area contributed by atoms with Gasteiger partial charge in [-0.1, -0.05) is 12.1 Å². The summed E-state index contributed by atoms with van der Waals surface area (Å²) in [6.45, 7) is 6.58. The summed E-state index contributed by atoms with van der Waals surface area (Å²) in [6.07, 6.45) is 1.01. The molecule has 1 aromatic carbocycles. The molecule has 16 heavy (non-hydrogen) atoms. The van der Waals surface area contributed by atoms with Gasteiger partial charge in [0.1, 0.15) is 5.75 Å². The van der Waals surface area contributed by atoms with Crippen LogP contribution >= 0.6 is 0 Å². The smallest absolute Gasteiger partial charge is 0.119 e. The summed E-state index contributed by atoms with van der Waals surface area (Å²) in [5.74, 6) is 0.932. The molecule has 1 rings (SSSR count). The van der Waals surface area contributed by atoms with Crippen molar-refractivity contribution in [1.82, 2.24) is 5.32 Å². The molecule has 0 spiro atoms. The molecule has 0 aliphatic rings. The molecule has 0 saturated carbocycles. The quantitative estimate of drug-likeness (QED) is 0.693. The van der Waals surface area contributed by atoms with Gasteiger partial charge in [-0.3, -0.25) is 0 Å². The van der Waals surface area contributed by atoms with Crippen molar-refractivity contribution in [2.45, 2.75) is 32.9 Å². The molecular weight excluding hydrogens is 200 g/mol. The van der Waals surface area contributed by atoms with Crippen molar-refractivity contribution in [3.8, 4) is 5.75 Å². The second-order valence-corrected chi connectivity index (χ2v) is 4.02. The second-order valence-electron chi connectivity index (χ2n) is 4.02. The van der Waals surface area contributed by atoms with Crippen molar-refractivity contribution in [3.05, 3.63) is 29.8 Å². The first-order valence-electron chi connectivity index (χ1n) is 5.90. The predicted octanol–water partition coefficient (Wildman–Crippen LogP) is 1.91. The van der Waals surface area contributed by atoms with E-state index in [1.807, 2.05) is 26.0 Å². The van der Waals surface area contributed by atoms with E-state index in [-0.39, 0.29) is 6.04 Å². The number of nitrogens with two attached hydrogens (primary N) is 1. The van der Waals surface area contributed by atoms with Crippen molar-refractivity contribution in [2.24, 2.45) is 5.73 Å². The molecule has 1 unspecified atom stereocenters. The molecule has 0 bridgehead atoms. The number of rotatable bonds is 7. The van der Waals surface area contributed by atoms with Crippen LogP contribution in [0.4, 0.5) is 0 Å². The van der Waals surface area contributed by atoms with Crippen molar-refractivity contribution in [2.75, 3.05) is 13.2 Å². The molecular formula is C13H22N2O.